The molecule has 2 heterocycles. The van der Waals surface area contributed by atoms with Crippen LogP contribution in [0, 0.1) is 26.7 Å². The van der Waals surface area contributed by atoms with E-state index in [4.69, 9.17) is 26.2 Å². The molecule has 0 bridgehead atoms. The minimum atomic E-state index is -3.67. The molecule has 0 spiro atoms. The van der Waals surface area contributed by atoms with Crippen molar-refractivity contribution in [3.63, 3.8) is 0 Å². The van der Waals surface area contributed by atoms with Gasteiger partial charge in [-0.2, -0.15) is 14.5 Å². The van der Waals surface area contributed by atoms with Gasteiger partial charge >= 0.3 is 0 Å². The van der Waals surface area contributed by atoms with Crippen LogP contribution in [-0.4, -0.2) is 61.9 Å². The van der Waals surface area contributed by atoms with E-state index < -0.39 is 10.0 Å². The molecule has 242 valence electrons. The molecular formula is C34H38ClN5O5S. The number of rotatable bonds is 10. The average molecular weight is 664 g/mol. The first-order valence-corrected chi connectivity index (χ1v) is 16.8. The van der Waals surface area contributed by atoms with Crippen LogP contribution in [0.3, 0.4) is 0 Å². The highest BCUT2D eigenvalue weighted by atomic mass is 35.5. The molecule has 0 radical (unpaired) electrons. The maximum Gasteiger partial charge on any atom is 0.243 e. The zero-order valence-electron chi connectivity index (χ0n) is 26.6. The number of piperidine rings is 1. The quantitative estimate of drug-likeness (QED) is 0.171. The third-order valence-corrected chi connectivity index (χ3v) is 10.7. The summed E-state index contributed by atoms with van der Waals surface area (Å²) in [6.07, 6.45) is 4.19. The molecule has 3 aromatic carbocycles. The van der Waals surface area contributed by atoms with Crippen molar-refractivity contribution < 1.29 is 22.7 Å². The summed E-state index contributed by atoms with van der Waals surface area (Å²) in [6.45, 7) is 6.55. The highest BCUT2D eigenvalue weighted by Crippen LogP contribution is 2.33. The SMILES string of the molecule is COc1ccc(-c2nn(Cc3ccccc3Cl)cc2/C=N\NC(=O)C2CCN(S(=O)(=O)c3c(C)cc(C)cc3C)CC2)cc1OC. The van der Waals surface area contributed by atoms with E-state index in [0.717, 1.165) is 27.8 Å². The highest BCUT2D eigenvalue weighted by molar-refractivity contribution is 7.89. The topological polar surface area (TPSA) is 115 Å². The maximum absolute atomic E-state index is 13.5. The van der Waals surface area contributed by atoms with Crippen molar-refractivity contribution in [2.45, 2.75) is 45.1 Å². The number of methoxy groups -OCH3 is 2. The number of nitrogens with zero attached hydrogens (tertiary/aromatic N) is 4. The third kappa shape index (κ3) is 7.11. The summed E-state index contributed by atoms with van der Waals surface area (Å²) in [5, 5.41) is 9.71. The van der Waals surface area contributed by atoms with Crippen LogP contribution in [0.15, 0.2) is 70.8 Å². The van der Waals surface area contributed by atoms with Crippen molar-refractivity contribution >= 4 is 33.7 Å². The van der Waals surface area contributed by atoms with Crippen molar-refractivity contribution in [1.82, 2.24) is 19.5 Å². The number of carbonyl (C=O) groups excluding carboxylic acids is 1. The van der Waals surface area contributed by atoms with Crippen LogP contribution in [0.4, 0.5) is 0 Å². The monoisotopic (exact) mass is 663 g/mol. The Kier molecular flexibility index (Phi) is 10.1. The number of ether oxygens (including phenoxy) is 2. The lowest BCUT2D eigenvalue weighted by Crippen LogP contribution is -2.42. The Morgan fingerprint density at radius 2 is 1.70 bits per heavy atom. The first kappa shape index (κ1) is 33.2. The van der Waals surface area contributed by atoms with Gasteiger partial charge in [-0.1, -0.05) is 47.5 Å². The van der Waals surface area contributed by atoms with Gasteiger partial charge in [-0.05, 0) is 74.6 Å². The van der Waals surface area contributed by atoms with Gasteiger partial charge in [-0.15, -0.1) is 0 Å². The summed E-state index contributed by atoms with van der Waals surface area (Å²) in [4.78, 5) is 13.4. The van der Waals surface area contributed by atoms with E-state index in [2.05, 4.69) is 10.5 Å². The smallest absolute Gasteiger partial charge is 0.243 e. The lowest BCUT2D eigenvalue weighted by Gasteiger charge is -2.31. The Balaban J connectivity index is 1.30. The summed E-state index contributed by atoms with van der Waals surface area (Å²) in [7, 11) is -0.524. The molecule has 1 N–H and O–H groups in total. The summed E-state index contributed by atoms with van der Waals surface area (Å²) in [5.74, 6) is 0.523. The fourth-order valence-electron chi connectivity index (χ4n) is 5.94. The van der Waals surface area contributed by atoms with E-state index >= 15 is 0 Å². The number of sulfonamides is 1. The van der Waals surface area contributed by atoms with Gasteiger partial charge < -0.3 is 9.47 Å². The number of aromatic nitrogens is 2. The molecule has 12 heteroatoms. The van der Waals surface area contributed by atoms with E-state index in [9.17, 15) is 13.2 Å². The Labute approximate surface area is 275 Å². The molecule has 0 aliphatic carbocycles. The van der Waals surface area contributed by atoms with Crippen molar-refractivity contribution in [2.24, 2.45) is 11.0 Å². The number of hydrazone groups is 1. The predicted molar refractivity (Wildman–Crippen MR) is 179 cm³/mol. The molecule has 0 saturated carbocycles. The van der Waals surface area contributed by atoms with E-state index in [1.807, 2.05) is 75.5 Å². The second kappa shape index (κ2) is 14.1. The van der Waals surface area contributed by atoms with Gasteiger partial charge in [0.15, 0.2) is 11.5 Å². The second-order valence-corrected chi connectivity index (χ2v) is 13.7. The molecule has 0 atom stereocenters. The fraction of sp³-hybridized carbons (Fsp3) is 0.324. The van der Waals surface area contributed by atoms with Crippen LogP contribution in [0.25, 0.3) is 11.3 Å². The predicted octanol–water partition coefficient (Wildman–Crippen LogP) is 5.75. The number of halogens is 1. The number of benzene rings is 3. The van der Waals surface area contributed by atoms with Crippen LogP contribution in [0.5, 0.6) is 11.5 Å². The minimum absolute atomic E-state index is 0.257. The zero-order chi connectivity index (χ0) is 33.0. The molecule has 1 aliphatic heterocycles. The molecule has 10 nitrogen and oxygen atoms in total. The number of hydrogen-bond acceptors (Lipinski definition) is 7. The van der Waals surface area contributed by atoms with Crippen molar-refractivity contribution in [3.05, 3.63) is 93.6 Å². The van der Waals surface area contributed by atoms with Gasteiger partial charge in [0, 0.05) is 41.4 Å². The van der Waals surface area contributed by atoms with Crippen LogP contribution in [0.1, 0.15) is 40.7 Å². The molecule has 1 aliphatic rings. The van der Waals surface area contributed by atoms with E-state index in [1.165, 1.54) is 4.31 Å². The molecule has 4 aromatic rings. The average Bonchev–Trinajstić information content (AvgIpc) is 3.43. The number of hydrogen-bond donors (Lipinski definition) is 1. The van der Waals surface area contributed by atoms with Crippen molar-refractivity contribution in [3.8, 4) is 22.8 Å². The molecule has 1 saturated heterocycles. The van der Waals surface area contributed by atoms with Gasteiger partial charge in [0.25, 0.3) is 0 Å². The van der Waals surface area contributed by atoms with E-state index in [-0.39, 0.29) is 24.9 Å². The number of carbonyl (C=O) groups is 1. The Bertz CT molecular complexity index is 1860. The van der Waals surface area contributed by atoms with Gasteiger partial charge in [-0.3, -0.25) is 9.48 Å². The molecule has 0 unspecified atom stereocenters. The first-order valence-electron chi connectivity index (χ1n) is 15.0. The molecular weight excluding hydrogens is 626 g/mol. The van der Waals surface area contributed by atoms with Crippen LogP contribution in [0.2, 0.25) is 5.02 Å². The van der Waals surface area contributed by atoms with E-state index in [0.29, 0.717) is 52.1 Å². The third-order valence-electron chi connectivity index (χ3n) is 8.14. The molecule has 5 rings (SSSR count). The number of amides is 1. The Morgan fingerprint density at radius 1 is 1.02 bits per heavy atom. The summed E-state index contributed by atoms with van der Waals surface area (Å²) >= 11 is 6.41. The van der Waals surface area contributed by atoms with Crippen LogP contribution >= 0.6 is 11.6 Å². The van der Waals surface area contributed by atoms with Crippen LogP contribution in [-0.2, 0) is 21.4 Å². The van der Waals surface area contributed by atoms with Crippen molar-refractivity contribution in [1.29, 1.82) is 0 Å². The van der Waals surface area contributed by atoms with Gasteiger partial charge in [-0.25, -0.2) is 13.8 Å². The van der Waals surface area contributed by atoms with Gasteiger partial charge in [0.2, 0.25) is 15.9 Å². The minimum Gasteiger partial charge on any atom is -0.493 e. The molecule has 1 fully saturated rings. The largest absolute Gasteiger partial charge is 0.493 e. The summed E-state index contributed by atoms with van der Waals surface area (Å²) in [5.41, 5.74) is 8.12. The van der Waals surface area contributed by atoms with Gasteiger partial charge in [0.1, 0.15) is 5.69 Å². The molecule has 1 aromatic heterocycles. The highest BCUT2D eigenvalue weighted by Gasteiger charge is 2.33. The second-order valence-electron chi connectivity index (χ2n) is 11.4. The summed E-state index contributed by atoms with van der Waals surface area (Å²) < 4.78 is 41.1. The van der Waals surface area contributed by atoms with Crippen LogP contribution < -0.4 is 14.9 Å². The lowest BCUT2D eigenvalue weighted by molar-refractivity contribution is -0.126. The number of nitrogens with one attached hydrogen (secondary N) is 1. The lowest BCUT2D eigenvalue weighted by atomic mass is 9.98. The number of aryl methyl sites for hydroxylation is 3. The van der Waals surface area contributed by atoms with Gasteiger partial charge in [0.05, 0.1) is 31.9 Å². The molecule has 1 amide bonds. The Morgan fingerprint density at radius 3 is 2.35 bits per heavy atom. The van der Waals surface area contributed by atoms with Crippen molar-refractivity contribution in [2.75, 3.05) is 27.3 Å². The standard InChI is InChI=1S/C34H38ClN5O5S/c1-22-16-23(2)33(24(3)17-22)46(42,43)40-14-12-25(13-15-40)34(41)37-36-19-28-21-39(20-27-8-6-7-9-29(27)35)38-32(28)26-10-11-30(44-4)31(18-26)45-5/h6-11,16-19,21,25H,12-15,20H2,1-5H3,(H,37,41)/b36-19-. The molecule has 46 heavy (non-hydrogen) atoms. The fourth-order valence-corrected chi connectivity index (χ4v) is 8.02. The van der Waals surface area contributed by atoms with E-state index in [1.54, 1.807) is 31.2 Å². The Hall–Kier alpha value is -4.19. The normalized spacial score (nSPS) is 14.5. The first-order chi connectivity index (χ1) is 22.0. The zero-order valence-corrected chi connectivity index (χ0v) is 28.2. The maximum atomic E-state index is 13.5. The summed E-state index contributed by atoms with van der Waals surface area (Å²) in [6, 6.07) is 16.8.